The van der Waals surface area contributed by atoms with E-state index in [1.807, 2.05) is 24.3 Å². The standard InChI is InChI=1S/C13H20N4O/c14-13(18)17-12-3-1-2-11(8-12)16-9-10-4-6-15-7-5-10/h1-3,8,10,15-16H,4-7,9H2,(H3,14,17,18). The van der Waals surface area contributed by atoms with Crippen LogP contribution in [0, 0.1) is 5.92 Å². The number of piperidine rings is 1. The number of nitrogens with one attached hydrogen (secondary N) is 3. The first-order valence-electron chi connectivity index (χ1n) is 6.35. The number of primary amides is 1. The molecular weight excluding hydrogens is 228 g/mol. The molecule has 18 heavy (non-hydrogen) atoms. The number of benzene rings is 1. The monoisotopic (exact) mass is 248 g/mol. The molecule has 1 aromatic rings. The van der Waals surface area contributed by atoms with Crippen LogP contribution in [0.2, 0.25) is 0 Å². The summed E-state index contributed by atoms with van der Waals surface area (Å²) >= 11 is 0. The summed E-state index contributed by atoms with van der Waals surface area (Å²) in [6, 6.07) is 7.07. The van der Waals surface area contributed by atoms with E-state index in [0.717, 1.165) is 36.9 Å². The number of anilines is 2. The maximum Gasteiger partial charge on any atom is 0.316 e. The molecule has 0 saturated carbocycles. The van der Waals surface area contributed by atoms with E-state index in [9.17, 15) is 4.79 Å². The lowest BCUT2D eigenvalue weighted by atomic mass is 9.98. The van der Waals surface area contributed by atoms with Crippen LogP contribution in [0.5, 0.6) is 0 Å². The van der Waals surface area contributed by atoms with Crippen LogP contribution < -0.4 is 21.7 Å². The maximum absolute atomic E-state index is 10.8. The van der Waals surface area contributed by atoms with Gasteiger partial charge in [-0.2, -0.15) is 0 Å². The fourth-order valence-electron chi connectivity index (χ4n) is 2.20. The van der Waals surface area contributed by atoms with Gasteiger partial charge in [0.25, 0.3) is 0 Å². The van der Waals surface area contributed by atoms with Crippen molar-refractivity contribution in [3.63, 3.8) is 0 Å². The number of hydrogen-bond acceptors (Lipinski definition) is 3. The molecule has 5 heteroatoms. The van der Waals surface area contributed by atoms with Crippen molar-refractivity contribution in [2.75, 3.05) is 30.3 Å². The molecule has 1 aliphatic heterocycles. The Morgan fingerprint density at radius 3 is 2.78 bits per heavy atom. The molecular formula is C13H20N4O. The molecule has 0 bridgehead atoms. The van der Waals surface area contributed by atoms with Gasteiger partial charge in [0.05, 0.1) is 0 Å². The summed E-state index contributed by atoms with van der Waals surface area (Å²) in [5.74, 6) is 0.721. The number of carbonyl (C=O) groups is 1. The molecule has 2 rings (SSSR count). The van der Waals surface area contributed by atoms with Crippen LogP contribution >= 0.6 is 0 Å². The summed E-state index contributed by atoms with van der Waals surface area (Å²) in [7, 11) is 0. The van der Waals surface area contributed by atoms with Crippen molar-refractivity contribution in [1.82, 2.24) is 5.32 Å². The Morgan fingerprint density at radius 1 is 1.33 bits per heavy atom. The molecule has 0 unspecified atom stereocenters. The molecule has 1 aromatic carbocycles. The molecule has 5 nitrogen and oxygen atoms in total. The molecule has 1 saturated heterocycles. The summed E-state index contributed by atoms with van der Waals surface area (Å²) < 4.78 is 0. The third-order valence-electron chi connectivity index (χ3n) is 3.18. The summed E-state index contributed by atoms with van der Waals surface area (Å²) in [6.45, 7) is 3.19. The predicted molar refractivity (Wildman–Crippen MR) is 73.7 cm³/mol. The number of nitrogens with two attached hydrogens (primary N) is 1. The van der Waals surface area contributed by atoms with E-state index in [2.05, 4.69) is 16.0 Å². The van der Waals surface area contributed by atoms with Crippen LogP contribution in [-0.2, 0) is 0 Å². The number of carbonyl (C=O) groups excluding carboxylic acids is 1. The SMILES string of the molecule is NC(=O)Nc1cccc(NCC2CCNCC2)c1. The zero-order valence-electron chi connectivity index (χ0n) is 10.4. The lowest BCUT2D eigenvalue weighted by Gasteiger charge is -2.23. The van der Waals surface area contributed by atoms with E-state index < -0.39 is 6.03 Å². The first-order chi connectivity index (χ1) is 8.74. The fraction of sp³-hybridized carbons (Fsp3) is 0.462. The first-order valence-corrected chi connectivity index (χ1v) is 6.35. The van der Waals surface area contributed by atoms with Gasteiger partial charge in [0.2, 0.25) is 0 Å². The molecule has 1 aliphatic rings. The first kappa shape index (κ1) is 12.7. The highest BCUT2D eigenvalue weighted by molar-refractivity contribution is 5.88. The molecule has 0 radical (unpaired) electrons. The van der Waals surface area contributed by atoms with Crippen molar-refractivity contribution < 1.29 is 4.79 Å². The molecule has 2 amide bonds. The average Bonchev–Trinajstić information content (AvgIpc) is 2.37. The van der Waals surface area contributed by atoms with E-state index in [0.29, 0.717) is 0 Å². The van der Waals surface area contributed by atoms with Crippen LogP contribution in [-0.4, -0.2) is 25.7 Å². The second-order valence-corrected chi connectivity index (χ2v) is 4.64. The highest BCUT2D eigenvalue weighted by Gasteiger charge is 2.12. The Morgan fingerprint density at radius 2 is 2.06 bits per heavy atom. The maximum atomic E-state index is 10.8. The average molecular weight is 248 g/mol. The normalized spacial score (nSPS) is 16.2. The molecule has 0 aliphatic carbocycles. The van der Waals surface area contributed by atoms with E-state index in [-0.39, 0.29) is 0 Å². The lowest BCUT2D eigenvalue weighted by molar-refractivity contribution is 0.259. The van der Waals surface area contributed by atoms with Crippen molar-refractivity contribution in [1.29, 1.82) is 0 Å². The third kappa shape index (κ3) is 3.92. The Hall–Kier alpha value is -1.75. The number of urea groups is 1. The molecule has 0 spiro atoms. The lowest BCUT2D eigenvalue weighted by Crippen LogP contribution is -2.31. The van der Waals surface area contributed by atoms with Gasteiger partial charge in [-0.05, 0) is 50.0 Å². The van der Waals surface area contributed by atoms with Crippen molar-refractivity contribution >= 4 is 17.4 Å². The zero-order chi connectivity index (χ0) is 12.8. The number of hydrogen-bond donors (Lipinski definition) is 4. The molecule has 1 heterocycles. The van der Waals surface area contributed by atoms with Crippen LogP contribution in [0.15, 0.2) is 24.3 Å². The van der Waals surface area contributed by atoms with Gasteiger partial charge in [0.15, 0.2) is 0 Å². The van der Waals surface area contributed by atoms with Crippen LogP contribution in [0.25, 0.3) is 0 Å². The number of amides is 2. The minimum absolute atomic E-state index is 0.537. The van der Waals surface area contributed by atoms with Gasteiger partial charge in [-0.15, -0.1) is 0 Å². The Labute approximate surface area is 107 Å². The van der Waals surface area contributed by atoms with Crippen LogP contribution in [0.3, 0.4) is 0 Å². The minimum atomic E-state index is -0.537. The largest absolute Gasteiger partial charge is 0.385 e. The number of rotatable bonds is 4. The van der Waals surface area contributed by atoms with Gasteiger partial charge in [-0.1, -0.05) is 6.07 Å². The zero-order valence-corrected chi connectivity index (χ0v) is 10.4. The summed E-state index contributed by atoms with van der Waals surface area (Å²) in [4.78, 5) is 10.8. The Bertz CT molecular complexity index is 402. The second kappa shape index (κ2) is 6.26. The quantitative estimate of drug-likeness (QED) is 0.653. The molecule has 0 atom stereocenters. The van der Waals surface area contributed by atoms with Gasteiger partial charge in [-0.3, -0.25) is 0 Å². The topological polar surface area (TPSA) is 79.2 Å². The molecule has 5 N–H and O–H groups in total. The van der Waals surface area contributed by atoms with Gasteiger partial charge < -0.3 is 21.7 Å². The van der Waals surface area contributed by atoms with E-state index >= 15 is 0 Å². The van der Waals surface area contributed by atoms with E-state index in [1.54, 1.807) is 0 Å². The highest BCUT2D eigenvalue weighted by atomic mass is 16.2. The second-order valence-electron chi connectivity index (χ2n) is 4.64. The predicted octanol–water partition coefficient (Wildman–Crippen LogP) is 1.59. The molecule has 98 valence electrons. The van der Waals surface area contributed by atoms with Crippen molar-refractivity contribution in [3.05, 3.63) is 24.3 Å². The van der Waals surface area contributed by atoms with Crippen LogP contribution in [0.1, 0.15) is 12.8 Å². The van der Waals surface area contributed by atoms with E-state index in [4.69, 9.17) is 5.73 Å². The molecule has 0 aromatic heterocycles. The van der Waals surface area contributed by atoms with Gasteiger partial charge >= 0.3 is 6.03 Å². The third-order valence-corrected chi connectivity index (χ3v) is 3.18. The Kier molecular flexibility index (Phi) is 4.41. The highest BCUT2D eigenvalue weighted by Crippen LogP contribution is 2.17. The van der Waals surface area contributed by atoms with E-state index in [1.165, 1.54) is 12.8 Å². The Balaban J connectivity index is 1.86. The summed E-state index contributed by atoms with van der Waals surface area (Å²) in [5.41, 5.74) is 6.82. The summed E-state index contributed by atoms with van der Waals surface area (Å²) in [6.07, 6.45) is 2.43. The van der Waals surface area contributed by atoms with Crippen molar-refractivity contribution in [3.8, 4) is 0 Å². The molecule has 1 fully saturated rings. The van der Waals surface area contributed by atoms with Gasteiger partial charge in [0, 0.05) is 17.9 Å². The van der Waals surface area contributed by atoms with Crippen molar-refractivity contribution in [2.45, 2.75) is 12.8 Å². The fourth-order valence-corrected chi connectivity index (χ4v) is 2.20. The van der Waals surface area contributed by atoms with Crippen LogP contribution in [0.4, 0.5) is 16.2 Å². The van der Waals surface area contributed by atoms with Crippen molar-refractivity contribution in [2.24, 2.45) is 11.7 Å². The minimum Gasteiger partial charge on any atom is -0.385 e. The smallest absolute Gasteiger partial charge is 0.316 e. The van der Waals surface area contributed by atoms with Gasteiger partial charge in [0.1, 0.15) is 0 Å². The van der Waals surface area contributed by atoms with Gasteiger partial charge in [-0.25, -0.2) is 4.79 Å². The summed E-state index contributed by atoms with van der Waals surface area (Å²) in [5, 5.41) is 9.33.